The van der Waals surface area contributed by atoms with E-state index in [1.54, 1.807) is 23.1 Å². The van der Waals surface area contributed by atoms with Crippen LogP contribution in [0.25, 0.3) is 22.0 Å². The molecule has 2 aromatic carbocycles. The zero-order valence-electron chi connectivity index (χ0n) is 18.6. The molecular weight excluding hydrogens is 432 g/mol. The van der Waals surface area contributed by atoms with Crippen molar-refractivity contribution in [3.63, 3.8) is 0 Å². The number of thioether (sulfide) groups is 1. The van der Waals surface area contributed by atoms with Crippen molar-refractivity contribution >= 4 is 23.1 Å². The quantitative estimate of drug-likeness (QED) is 0.281. The predicted octanol–water partition coefficient (Wildman–Crippen LogP) is 7.42. The molecule has 1 saturated carbocycles. The minimum absolute atomic E-state index is 0.451. The van der Waals surface area contributed by atoms with E-state index in [0.29, 0.717) is 12.0 Å². The molecule has 0 radical (unpaired) electrons. The van der Waals surface area contributed by atoms with Gasteiger partial charge in [0.2, 0.25) is 0 Å². The fourth-order valence-corrected chi connectivity index (χ4v) is 6.38. The molecule has 0 N–H and O–H groups in total. The number of aromatic nitrogens is 4. The van der Waals surface area contributed by atoms with Gasteiger partial charge in [-0.3, -0.25) is 4.57 Å². The molecule has 0 amide bonds. The molecule has 0 unspecified atom stereocenters. The van der Waals surface area contributed by atoms with Crippen LogP contribution < -0.4 is 0 Å². The van der Waals surface area contributed by atoms with Crippen LogP contribution in [0.4, 0.5) is 0 Å². The highest BCUT2D eigenvalue weighted by atomic mass is 32.2. The molecule has 4 aromatic rings. The highest BCUT2D eigenvalue weighted by Gasteiger charge is 2.28. The van der Waals surface area contributed by atoms with Gasteiger partial charge >= 0.3 is 0 Å². The fourth-order valence-electron chi connectivity index (χ4n) is 4.56. The van der Waals surface area contributed by atoms with E-state index >= 15 is 0 Å². The first-order valence-electron chi connectivity index (χ1n) is 11.3. The number of hydrogen-bond donors (Lipinski definition) is 0. The zero-order chi connectivity index (χ0) is 21.9. The van der Waals surface area contributed by atoms with Crippen LogP contribution in [0.2, 0.25) is 0 Å². The Morgan fingerprint density at radius 3 is 2.62 bits per heavy atom. The Balaban J connectivity index is 1.43. The lowest BCUT2D eigenvalue weighted by molar-refractivity contribution is 0.247. The molecule has 1 fully saturated rings. The summed E-state index contributed by atoms with van der Waals surface area (Å²) >= 11 is 3.46. The minimum Gasteiger partial charge on any atom is -0.299 e. The average molecular weight is 461 g/mol. The van der Waals surface area contributed by atoms with E-state index in [2.05, 4.69) is 82.5 Å². The Morgan fingerprint density at radius 2 is 1.81 bits per heavy atom. The van der Waals surface area contributed by atoms with Crippen molar-refractivity contribution in [1.82, 2.24) is 19.7 Å². The lowest BCUT2D eigenvalue weighted by atomic mass is 9.85. The number of thiazole rings is 1. The van der Waals surface area contributed by atoms with Gasteiger partial charge in [0.25, 0.3) is 0 Å². The zero-order valence-corrected chi connectivity index (χ0v) is 20.2. The van der Waals surface area contributed by atoms with Crippen LogP contribution in [0.1, 0.15) is 49.9 Å². The first-order valence-corrected chi connectivity index (χ1v) is 13.2. The smallest absolute Gasteiger partial charge is 0.192 e. The van der Waals surface area contributed by atoms with Gasteiger partial charge in [0.15, 0.2) is 11.0 Å². The molecule has 0 saturated heterocycles. The number of benzene rings is 2. The maximum atomic E-state index is 4.87. The van der Waals surface area contributed by atoms with Gasteiger partial charge in [-0.25, -0.2) is 4.98 Å². The van der Waals surface area contributed by atoms with Crippen molar-refractivity contribution in [2.24, 2.45) is 5.92 Å². The van der Waals surface area contributed by atoms with Crippen molar-refractivity contribution in [3.8, 4) is 22.0 Å². The van der Waals surface area contributed by atoms with Crippen LogP contribution in [0, 0.1) is 12.8 Å². The summed E-state index contributed by atoms with van der Waals surface area (Å²) in [7, 11) is 0. The summed E-state index contributed by atoms with van der Waals surface area (Å²) in [5.74, 6) is 2.43. The van der Waals surface area contributed by atoms with Gasteiger partial charge in [0.05, 0.1) is 5.69 Å². The van der Waals surface area contributed by atoms with Gasteiger partial charge < -0.3 is 0 Å². The topological polar surface area (TPSA) is 43.6 Å². The monoisotopic (exact) mass is 460 g/mol. The second-order valence-electron chi connectivity index (χ2n) is 8.67. The van der Waals surface area contributed by atoms with E-state index < -0.39 is 0 Å². The number of hydrogen-bond acceptors (Lipinski definition) is 5. The molecule has 0 bridgehead atoms. The van der Waals surface area contributed by atoms with Crippen LogP contribution in [-0.2, 0) is 5.75 Å². The van der Waals surface area contributed by atoms with Gasteiger partial charge in [-0.1, -0.05) is 85.6 Å². The molecule has 1 aliphatic carbocycles. The summed E-state index contributed by atoms with van der Waals surface area (Å²) in [6.45, 7) is 4.51. The first kappa shape index (κ1) is 21.4. The largest absolute Gasteiger partial charge is 0.299 e. The molecule has 6 heteroatoms. The predicted molar refractivity (Wildman–Crippen MR) is 134 cm³/mol. The third kappa shape index (κ3) is 4.52. The summed E-state index contributed by atoms with van der Waals surface area (Å²) in [6, 6.07) is 19.5. The Kier molecular flexibility index (Phi) is 6.42. The van der Waals surface area contributed by atoms with E-state index in [9.17, 15) is 0 Å². The molecule has 0 spiro atoms. The van der Waals surface area contributed by atoms with E-state index in [1.807, 2.05) is 6.07 Å². The van der Waals surface area contributed by atoms with Crippen molar-refractivity contribution < 1.29 is 0 Å². The Bertz CT molecular complexity index is 1180. The molecule has 2 heterocycles. The van der Waals surface area contributed by atoms with Crippen LogP contribution in [0.3, 0.4) is 0 Å². The van der Waals surface area contributed by atoms with Crippen molar-refractivity contribution in [1.29, 1.82) is 0 Å². The van der Waals surface area contributed by atoms with E-state index in [4.69, 9.17) is 4.98 Å². The standard InChI is InChI=1S/C26H28N4S2/c1-18-9-8-13-21(15-18)24-28-29-26(30(24)23-14-7-6-10-19(23)2)32-17-22-16-31-25(27-22)20-11-4-3-5-12-20/h3-5,8-9,11-13,15-16,19,23H,6-7,10,14,17H2,1-2H3/t19-,23-/m1/s1. The van der Waals surface area contributed by atoms with Crippen LogP contribution in [-0.4, -0.2) is 19.7 Å². The second kappa shape index (κ2) is 9.59. The molecule has 2 aromatic heterocycles. The summed E-state index contributed by atoms with van der Waals surface area (Å²) < 4.78 is 2.42. The molecule has 32 heavy (non-hydrogen) atoms. The molecule has 164 valence electrons. The maximum Gasteiger partial charge on any atom is 0.192 e. The highest BCUT2D eigenvalue weighted by Crippen LogP contribution is 2.39. The van der Waals surface area contributed by atoms with Crippen molar-refractivity contribution in [3.05, 3.63) is 71.2 Å². The third-order valence-corrected chi connectivity index (χ3v) is 8.18. The Morgan fingerprint density at radius 1 is 1.00 bits per heavy atom. The van der Waals surface area contributed by atoms with Gasteiger partial charge in [-0.15, -0.1) is 21.5 Å². The Hall–Kier alpha value is -2.44. The summed E-state index contributed by atoms with van der Waals surface area (Å²) in [5, 5.41) is 13.6. The lowest BCUT2D eigenvalue weighted by Crippen LogP contribution is -2.22. The van der Waals surface area contributed by atoms with Gasteiger partial charge in [0.1, 0.15) is 5.01 Å². The number of aryl methyl sites for hydroxylation is 1. The van der Waals surface area contributed by atoms with Crippen LogP contribution >= 0.6 is 23.1 Å². The normalized spacial score (nSPS) is 18.7. The molecule has 5 rings (SSSR count). The Labute approximate surface area is 198 Å². The van der Waals surface area contributed by atoms with Gasteiger partial charge in [-0.05, 0) is 31.7 Å². The lowest BCUT2D eigenvalue weighted by Gasteiger charge is -2.31. The SMILES string of the molecule is Cc1cccc(-c2nnc(SCc3csc(-c4ccccc4)n3)n2[C@@H]2CCCC[C@H]2C)c1. The highest BCUT2D eigenvalue weighted by molar-refractivity contribution is 7.98. The van der Waals surface area contributed by atoms with E-state index in [-0.39, 0.29) is 0 Å². The number of rotatable bonds is 6. The number of nitrogens with zero attached hydrogens (tertiary/aromatic N) is 4. The maximum absolute atomic E-state index is 4.87. The first-order chi connectivity index (χ1) is 15.7. The fraction of sp³-hybridized carbons (Fsp3) is 0.346. The van der Waals surface area contributed by atoms with E-state index in [0.717, 1.165) is 33.0 Å². The third-order valence-electron chi connectivity index (χ3n) is 6.26. The molecule has 1 aliphatic rings. The molecule has 2 atom stereocenters. The average Bonchev–Trinajstić information content (AvgIpc) is 3.46. The van der Waals surface area contributed by atoms with Crippen molar-refractivity contribution in [2.75, 3.05) is 0 Å². The molecular formula is C26H28N4S2. The molecule has 4 nitrogen and oxygen atoms in total. The van der Waals surface area contributed by atoms with Crippen molar-refractivity contribution in [2.45, 2.75) is 56.5 Å². The van der Waals surface area contributed by atoms with Crippen LogP contribution in [0.5, 0.6) is 0 Å². The van der Waals surface area contributed by atoms with Crippen LogP contribution in [0.15, 0.2) is 65.1 Å². The summed E-state index contributed by atoms with van der Waals surface area (Å²) in [5.41, 5.74) is 4.68. The summed E-state index contributed by atoms with van der Waals surface area (Å²) in [4.78, 5) is 4.87. The molecule has 0 aliphatic heterocycles. The van der Waals surface area contributed by atoms with Gasteiger partial charge in [-0.2, -0.15) is 0 Å². The summed E-state index contributed by atoms with van der Waals surface area (Å²) in [6.07, 6.45) is 5.06. The second-order valence-corrected chi connectivity index (χ2v) is 10.5. The van der Waals surface area contributed by atoms with Gasteiger partial charge in [0, 0.05) is 28.3 Å². The minimum atomic E-state index is 0.451. The van der Waals surface area contributed by atoms with E-state index in [1.165, 1.54) is 36.8 Å².